The molecule has 0 radical (unpaired) electrons. The van der Waals surface area contributed by atoms with Crippen LogP contribution in [0.5, 0.6) is 0 Å². The average molecular weight is 350 g/mol. The Morgan fingerprint density at radius 3 is 2.38 bits per heavy atom. The van der Waals surface area contributed by atoms with E-state index < -0.39 is 9.84 Å². The Hall–Kier alpha value is -1.40. The summed E-state index contributed by atoms with van der Waals surface area (Å²) in [6.07, 6.45) is 0. The minimum Gasteiger partial charge on any atom is -0.336 e. The van der Waals surface area contributed by atoms with Gasteiger partial charge in [-0.25, -0.2) is 8.42 Å². The molecule has 1 amide bonds. The molecule has 0 spiro atoms. The van der Waals surface area contributed by atoms with Crippen molar-refractivity contribution in [2.45, 2.75) is 39.4 Å². The third kappa shape index (κ3) is 3.49. The predicted octanol–water partition coefficient (Wildman–Crippen LogP) is 1.46. The van der Waals surface area contributed by atoms with Gasteiger partial charge in [0.05, 0.1) is 17.5 Å². The monoisotopic (exact) mass is 350 g/mol. The molecule has 0 unspecified atom stereocenters. The molecule has 24 heavy (non-hydrogen) atoms. The van der Waals surface area contributed by atoms with Crippen LogP contribution in [-0.2, 0) is 21.2 Å². The normalized spacial score (nSPS) is 26.6. The first-order valence-corrected chi connectivity index (χ1v) is 10.4. The molecule has 2 aliphatic heterocycles. The molecule has 1 aromatic carbocycles. The van der Waals surface area contributed by atoms with Crippen LogP contribution < -0.4 is 0 Å². The fourth-order valence-corrected chi connectivity index (χ4v) is 5.77. The number of fused-ring (bicyclic) bond motifs is 1. The summed E-state index contributed by atoms with van der Waals surface area (Å²) in [6, 6.07) is 8.06. The maximum atomic E-state index is 12.5. The second-order valence-electron chi connectivity index (χ2n) is 7.35. The minimum atomic E-state index is -3.09. The van der Waals surface area contributed by atoms with E-state index in [2.05, 4.69) is 36.1 Å². The smallest absolute Gasteiger partial charge is 0.225 e. The number of hydrogen-bond acceptors (Lipinski definition) is 4. The Morgan fingerprint density at radius 2 is 1.75 bits per heavy atom. The highest BCUT2D eigenvalue weighted by atomic mass is 32.2. The van der Waals surface area contributed by atoms with E-state index in [4.69, 9.17) is 0 Å². The summed E-state index contributed by atoms with van der Waals surface area (Å²) >= 11 is 0. The van der Waals surface area contributed by atoms with Crippen molar-refractivity contribution < 1.29 is 13.2 Å². The second-order valence-corrected chi connectivity index (χ2v) is 9.51. The number of aryl methyl sites for hydroxylation is 1. The number of benzene rings is 1. The molecule has 3 rings (SSSR count). The van der Waals surface area contributed by atoms with E-state index in [1.807, 2.05) is 18.7 Å². The standard InChI is InChI=1S/C18H26N2O3S/c1-13(2)18(21)20-9-8-19(10-15-6-4-14(3)5-7-15)16-11-24(22,23)12-17(16)20/h4-7,13,16-17H,8-12H2,1-3H3/t16-,17+/m0/s1. The first-order chi connectivity index (χ1) is 11.3. The Kier molecular flexibility index (Phi) is 4.71. The molecule has 0 aliphatic carbocycles. The fourth-order valence-electron chi connectivity index (χ4n) is 3.75. The van der Waals surface area contributed by atoms with Crippen molar-refractivity contribution in [1.82, 2.24) is 9.80 Å². The first kappa shape index (κ1) is 17.4. The lowest BCUT2D eigenvalue weighted by Gasteiger charge is -2.44. The van der Waals surface area contributed by atoms with Gasteiger partial charge in [0.2, 0.25) is 5.91 Å². The number of hydrogen-bond donors (Lipinski definition) is 0. The molecule has 132 valence electrons. The molecule has 1 aromatic rings. The van der Waals surface area contributed by atoms with Gasteiger partial charge in [-0.15, -0.1) is 0 Å². The zero-order chi connectivity index (χ0) is 17.5. The Balaban J connectivity index is 1.81. The largest absolute Gasteiger partial charge is 0.336 e. The number of carbonyl (C=O) groups is 1. The van der Waals surface area contributed by atoms with Crippen LogP contribution in [0.1, 0.15) is 25.0 Å². The van der Waals surface area contributed by atoms with E-state index in [0.29, 0.717) is 6.54 Å². The molecule has 0 saturated carbocycles. The summed E-state index contributed by atoms with van der Waals surface area (Å²) in [4.78, 5) is 16.5. The zero-order valence-electron chi connectivity index (χ0n) is 14.6. The summed E-state index contributed by atoms with van der Waals surface area (Å²) in [7, 11) is -3.09. The highest BCUT2D eigenvalue weighted by molar-refractivity contribution is 7.91. The van der Waals surface area contributed by atoms with Crippen molar-refractivity contribution in [2.24, 2.45) is 5.92 Å². The van der Waals surface area contributed by atoms with Crippen LogP contribution >= 0.6 is 0 Å². The van der Waals surface area contributed by atoms with Gasteiger partial charge in [0.15, 0.2) is 9.84 Å². The van der Waals surface area contributed by atoms with Crippen LogP contribution in [0.15, 0.2) is 24.3 Å². The number of carbonyl (C=O) groups excluding carboxylic acids is 1. The molecule has 2 heterocycles. The van der Waals surface area contributed by atoms with Crippen LogP contribution in [0, 0.1) is 12.8 Å². The number of amides is 1. The van der Waals surface area contributed by atoms with Crippen molar-refractivity contribution in [1.29, 1.82) is 0 Å². The van der Waals surface area contributed by atoms with Crippen LogP contribution in [0.2, 0.25) is 0 Å². The quantitative estimate of drug-likeness (QED) is 0.828. The van der Waals surface area contributed by atoms with E-state index in [1.165, 1.54) is 11.1 Å². The molecule has 0 bridgehead atoms. The molecule has 6 heteroatoms. The number of sulfone groups is 1. The molecule has 2 fully saturated rings. The SMILES string of the molecule is Cc1ccc(CN2CCN(C(=O)C(C)C)[C@@H]3CS(=O)(=O)C[C@@H]32)cc1. The highest BCUT2D eigenvalue weighted by Crippen LogP contribution is 2.29. The Bertz CT molecular complexity index is 712. The number of rotatable bonds is 3. The lowest BCUT2D eigenvalue weighted by Crippen LogP contribution is -2.60. The summed E-state index contributed by atoms with van der Waals surface area (Å²) in [5.74, 6) is 0.223. The van der Waals surface area contributed by atoms with Gasteiger partial charge in [0.1, 0.15) is 0 Å². The highest BCUT2D eigenvalue weighted by Gasteiger charge is 2.48. The maximum Gasteiger partial charge on any atom is 0.225 e. The van der Waals surface area contributed by atoms with E-state index in [9.17, 15) is 13.2 Å². The van der Waals surface area contributed by atoms with Gasteiger partial charge in [0, 0.05) is 31.6 Å². The Labute approximate surface area is 144 Å². The topological polar surface area (TPSA) is 57.7 Å². The fraction of sp³-hybridized carbons (Fsp3) is 0.611. The molecule has 0 aromatic heterocycles. The predicted molar refractivity (Wildman–Crippen MR) is 94.4 cm³/mol. The van der Waals surface area contributed by atoms with Gasteiger partial charge in [-0.3, -0.25) is 9.69 Å². The summed E-state index contributed by atoms with van der Waals surface area (Å²) < 4.78 is 24.4. The van der Waals surface area contributed by atoms with Crippen molar-refractivity contribution in [2.75, 3.05) is 24.6 Å². The van der Waals surface area contributed by atoms with Gasteiger partial charge in [-0.1, -0.05) is 43.7 Å². The molecule has 2 aliphatic rings. The second kappa shape index (κ2) is 6.48. The van der Waals surface area contributed by atoms with Crippen molar-refractivity contribution in [3.8, 4) is 0 Å². The molecular weight excluding hydrogens is 324 g/mol. The zero-order valence-corrected chi connectivity index (χ0v) is 15.4. The first-order valence-electron chi connectivity index (χ1n) is 8.57. The van der Waals surface area contributed by atoms with Crippen LogP contribution in [0.3, 0.4) is 0 Å². The molecular formula is C18H26N2O3S. The van der Waals surface area contributed by atoms with Crippen molar-refractivity contribution in [3.05, 3.63) is 35.4 Å². The van der Waals surface area contributed by atoms with E-state index >= 15 is 0 Å². The van der Waals surface area contributed by atoms with E-state index in [0.717, 1.165) is 13.1 Å². The van der Waals surface area contributed by atoms with Crippen molar-refractivity contribution in [3.63, 3.8) is 0 Å². The van der Waals surface area contributed by atoms with Crippen LogP contribution in [0.4, 0.5) is 0 Å². The molecule has 2 saturated heterocycles. The van der Waals surface area contributed by atoms with Gasteiger partial charge >= 0.3 is 0 Å². The number of nitrogens with zero attached hydrogens (tertiary/aromatic N) is 2. The maximum absolute atomic E-state index is 12.5. The minimum absolute atomic E-state index is 0.0667. The van der Waals surface area contributed by atoms with Gasteiger partial charge < -0.3 is 4.90 Å². The lowest BCUT2D eigenvalue weighted by molar-refractivity contribution is -0.140. The van der Waals surface area contributed by atoms with Gasteiger partial charge in [-0.05, 0) is 12.5 Å². The molecule has 5 nitrogen and oxygen atoms in total. The summed E-state index contributed by atoms with van der Waals surface area (Å²) in [5, 5.41) is 0. The van der Waals surface area contributed by atoms with Gasteiger partial charge in [-0.2, -0.15) is 0 Å². The Morgan fingerprint density at radius 1 is 1.12 bits per heavy atom. The number of piperazine rings is 1. The summed E-state index contributed by atoms with van der Waals surface area (Å²) in [5.41, 5.74) is 2.40. The molecule has 0 N–H and O–H groups in total. The van der Waals surface area contributed by atoms with Crippen LogP contribution in [0.25, 0.3) is 0 Å². The van der Waals surface area contributed by atoms with E-state index in [-0.39, 0.29) is 35.4 Å². The average Bonchev–Trinajstić information content (AvgIpc) is 2.84. The van der Waals surface area contributed by atoms with E-state index in [1.54, 1.807) is 0 Å². The van der Waals surface area contributed by atoms with Crippen molar-refractivity contribution >= 4 is 15.7 Å². The molecule has 2 atom stereocenters. The van der Waals surface area contributed by atoms with Gasteiger partial charge in [0.25, 0.3) is 0 Å². The lowest BCUT2D eigenvalue weighted by atomic mass is 10.0. The third-order valence-corrected chi connectivity index (χ3v) is 6.77. The summed E-state index contributed by atoms with van der Waals surface area (Å²) in [6.45, 7) is 7.88. The third-order valence-electron chi connectivity index (χ3n) is 5.07. The van der Waals surface area contributed by atoms with Crippen LogP contribution in [-0.4, -0.2) is 60.8 Å².